The molecule has 3 aliphatic rings. The lowest BCUT2D eigenvalue weighted by atomic mass is 10.1. The smallest absolute Gasteiger partial charge is 0.273 e. The quantitative estimate of drug-likeness (QED) is 0.646. The van der Waals surface area contributed by atoms with Crippen molar-refractivity contribution in [3.63, 3.8) is 0 Å². The van der Waals surface area contributed by atoms with Crippen LogP contribution in [0.15, 0.2) is 24.3 Å². The van der Waals surface area contributed by atoms with E-state index in [-0.39, 0.29) is 17.9 Å². The molecule has 5 rings (SSSR count). The fourth-order valence-electron chi connectivity index (χ4n) is 5.07. The van der Waals surface area contributed by atoms with Crippen LogP contribution in [0.3, 0.4) is 0 Å². The molecule has 180 valence electrons. The van der Waals surface area contributed by atoms with Gasteiger partial charge in [0.1, 0.15) is 23.4 Å². The van der Waals surface area contributed by atoms with Crippen molar-refractivity contribution < 1.29 is 14.3 Å². The van der Waals surface area contributed by atoms with Crippen molar-refractivity contribution in [3.05, 3.63) is 41.1 Å². The van der Waals surface area contributed by atoms with Gasteiger partial charge in [-0.25, -0.2) is 4.98 Å². The summed E-state index contributed by atoms with van der Waals surface area (Å²) in [6.07, 6.45) is 1.78. The number of hydrogen-bond donors (Lipinski definition) is 0. The van der Waals surface area contributed by atoms with E-state index in [1.165, 1.54) is 5.56 Å². The van der Waals surface area contributed by atoms with Gasteiger partial charge in [-0.1, -0.05) is 25.1 Å². The van der Waals surface area contributed by atoms with E-state index < -0.39 is 0 Å². The van der Waals surface area contributed by atoms with E-state index >= 15 is 0 Å². The second-order valence-corrected chi connectivity index (χ2v) is 9.33. The summed E-state index contributed by atoms with van der Waals surface area (Å²) in [5.74, 6) is 2.36. The minimum absolute atomic E-state index is 0.0259. The van der Waals surface area contributed by atoms with Gasteiger partial charge in [0.2, 0.25) is 11.9 Å². The Hall–Kier alpha value is -3.36. The summed E-state index contributed by atoms with van der Waals surface area (Å²) in [6, 6.07) is 8.15. The Labute approximate surface area is 200 Å². The third-order valence-electron chi connectivity index (χ3n) is 6.87. The second-order valence-electron chi connectivity index (χ2n) is 9.33. The molecule has 9 nitrogen and oxygen atoms in total. The Balaban J connectivity index is 1.41. The first-order valence-electron chi connectivity index (χ1n) is 12.1. The Morgan fingerprint density at radius 1 is 1.18 bits per heavy atom. The van der Waals surface area contributed by atoms with Crippen LogP contribution in [0, 0.1) is 0 Å². The minimum atomic E-state index is -0.0259. The highest BCUT2D eigenvalue weighted by Gasteiger charge is 2.35. The van der Waals surface area contributed by atoms with Gasteiger partial charge < -0.3 is 24.3 Å². The molecule has 4 heterocycles. The number of carbonyl (C=O) groups excluding carboxylic acids is 2. The molecule has 0 saturated carbocycles. The molecule has 9 heteroatoms. The lowest BCUT2D eigenvalue weighted by molar-refractivity contribution is -0.129. The van der Waals surface area contributed by atoms with Crippen molar-refractivity contribution >= 4 is 23.6 Å². The number of fused-ring (bicyclic) bond motifs is 2. The van der Waals surface area contributed by atoms with Gasteiger partial charge in [-0.2, -0.15) is 4.98 Å². The highest BCUT2D eigenvalue weighted by Crippen LogP contribution is 2.33. The van der Waals surface area contributed by atoms with Crippen LogP contribution in [0.2, 0.25) is 0 Å². The van der Waals surface area contributed by atoms with E-state index in [9.17, 15) is 9.59 Å². The molecule has 0 bridgehead atoms. The number of likely N-dealkylation sites (N-methyl/N-ethyl adjacent to an activating group) is 1. The van der Waals surface area contributed by atoms with Crippen LogP contribution < -0.4 is 14.5 Å². The molecule has 1 unspecified atom stereocenters. The number of rotatable bonds is 6. The van der Waals surface area contributed by atoms with Crippen molar-refractivity contribution in [3.8, 4) is 5.75 Å². The molecule has 2 aromatic rings. The van der Waals surface area contributed by atoms with Crippen molar-refractivity contribution in [1.82, 2.24) is 19.8 Å². The summed E-state index contributed by atoms with van der Waals surface area (Å²) in [6.45, 7) is 8.12. The maximum absolute atomic E-state index is 13.2. The number of ether oxygens (including phenoxy) is 1. The SMILES string of the molecule is CCCN1Cc2c(nc(N3CCN(C(C)=O)CC3)nc2N(C)CC2Cc3ccccc3O2)C1=O. The van der Waals surface area contributed by atoms with Gasteiger partial charge in [-0.3, -0.25) is 9.59 Å². The normalized spacial score (nSPS) is 19.2. The van der Waals surface area contributed by atoms with Crippen molar-refractivity contribution in [1.29, 1.82) is 0 Å². The van der Waals surface area contributed by atoms with Gasteiger partial charge in [-0.05, 0) is 18.1 Å². The zero-order valence-electron chi connectivity index (χ0n) is 20.2. The standard InChI is InChI=1S/C25H32N6O3/c1-4-9-31-16-20-22(24(31)33)26-25(30-12-10-29(11-13-30)17(2)32)27-23(20)28(3)15-19-14-18-7-5-6-8-21(18)34-19/h5-8,19H,4,9-16H2,1-3H3. The number of carbonyl (C=O) groups is 2. The van der Waals surface area contributed by atoms with Gasteiger partial charge in [0, 0.05) is 58.7 Å². The van der Waals surface area contributed by atoms with Crippen molar-refractivity contribution in [2.75, 3.05) is 56.1 Å². The topological polar surface area (TPSA) is 82.1 Å². The Morgan fingerprint density at radius 3 is 2.65 bits per heavy atom. The molecule has 2 amide bonds. The largest absolute Gasteiger partial charge is 0.488 e. The van der Waals surface area contributed by atoms with Gasteiger partial charge in [-0.15, -0.1) is 0 Å². The number of aromatic nitrogens is 2. The summed E-state index contributed by atoms with van der Waals surface area (Å²) >= 11 is 0. The van der Waals surface area contributed by atoms with E-state index in [2.05, 4.69) is 22.8 Å². The van der Waals surface area contributed by atoms with Crippen LogP contribution in [0.5, 0.6) is 5.75 Å². The van der Waals surface area contributed by atoms with Crippen LogP contribution in [0.1, 0.15) is 41.9 Å². The van der Waals surface area contributed by atoms with E-state index in [0.717, 1.165) is 30.0 Å². The number of hydrogen-bond acceptors (Lipinski definition) is 7. The molecule has 0 radical (unpaired) electrons. The number of nitrogens with zero attached hydrogens (tertiary/aromatic N) is 6. The fourth-order valence-corrected chi connectivity index (χ4v) is 5.07. The molecule has 1 aromatic carbocycles. The first-order valence-corrected chi connectivity index (χ1v) is 12.1. The Bertz CT molecular complexity index is 1070. The predicted molar refractivity (Wildman–Crippen MR) is 129 cm³/mol. The Morgan fingerprint density at radius 2 is 1.94 bits per heavy atom. The third kappa shape index (κ3) is 4.15. The molecule has 0 aliphatic carbocycles. The van der Waals surface area contributed by atoms with Gasteiger partial charge in [0.05, 0.1) is 13.1 Å². The van der Waals surface area contributed by atoms with Crippen LogP contribution in [-0.4, -0.2) is 84.0 Å². The lowest BCUT2D eigenvalue weighted by Gasteiger charge is -2.34. The minimum Gasteiger partial charge on any atom is -0.488 e. The molecule has 1 aromatic heterocycles. The van der Waals surface area contributed by atoms with E-state index in [1.54, 1.807) is 6.92 Å². The molecular formula is C25H32N6O3. The molecule has 1 fully saturated rings. The van der Waals surface area contributed by atoms with Crippen LogP contribution in [0.25, 0.3) is 0 Å². The number of piperazine rings is 1. The number of benzene rings is 1. The van der Waals surface area contributed by atoms with Crippen molar-refractivity contribution in [2.45, 2.75) is 39.3 Å². The van der Waals surface area contributed by atoms with Crippen LogP contribution >= 0.6 is 0 Å². The van der Waals surface area contributed by atoms with E-state index in [4.69, 9.17) is 14.7 Å². The molecule has 1 saturated heterocycles. The van der Waals surface area contributed by atoms with Gasteiger partial charge in [0.15, 0.2) is 0 Å². The summed E-state index contributed by atoms with van der Waals surface area (Å²) in [4.78, 5) is 42.5. The number of amides is 2. The first kappa shape index (κ1) is 22.4. The number of anilines is 2. The molecule has 3 aliphatic heterocycles. The van der Waals surface area contributed by atoms with E-state index in [1.807, 2.05) is 35.0 Å². The van der Waals surface area contributed by atoms with Crippen LogP contribution in [-0.2, 0) is 17.8 Å². The maximum Gasteiger partial charge on any atom is 0.273 e. The lowest BCUT2D eigenvalue weighted by Crippen LogP contribution is -2.48. The summed E-state index contributed by atoms with van der Waals surface area (Å²) in [7, 11) is 2.01. The summed E-state index contributed by atoms with van der Waals surface area (Å²) < 4.78 is 6.17. The average Bonchev–Trinajstić information content (AvgIpc) is 3.39. The molecule has 0 N–H and O–H groups in total. The molecule has 0 spiro atoms. The fraction of sp³-hybridized carbons (Fsp3) is 0.520. The highest BCUT2D eigenvalue weighted by atomic mass is 16.5. The van der Waals surface area contributed by atoms with E-state index in [0.29, 0.717) is 57.5 Å². The van der Waals surface area contributed by atoms with Gasteiger partial charge >= 0.3 is 0 Å². The highest BCUT2D eigenvalue weighted by molar-refractivity contribution is 5.98. The number of para-hydroxylation sites is 1. The molecule has 34 heavy (non-hydrogen) atoms. The zero-order valence-corrected chi connectivity index (χ0v) is 20.2. The van der Waals surface area contributed by atoms with Crippen molar-refractivity contribution in [2.24, 2.45) is 0 Å². The predicted octanol–water partition coefficient (Wildman–Crippen LogP) is 1.95. The second kappa shape index (κ2) is 9.12. The Kier molecular flexibility index (Phi) is 6.02. The zero-order chi connectivity index (χ0) is 23.8. The summed E-state index contributed by atoms with van der Waals surface area (Å²) in [5.41, 5.74) is 2.62. The first-order chi connectivity index (χ1) is 16.4. The average molecular weight is 465 g/mol. The summed E-state index contributed by atoms with van der Waals surface area (Å²) in [5, 5.41) is 0. The monoisotopic (exact) mass is 464 g/mol. The molecule has 1 atom stereocenters. The van der Waals surface area contributed by atoms with Crippen LogP contribution in [0.4, 0.5) is 11.8 Å². The third-order valence-corrected chi connectivity index (χ3v) is 6.87. The van der Waals surface area contributed by atoms with Gasteiger partial charge in [0.25, 0.3) is 5.91 Å². The maximum atomic E-state index is 13.2. The molecular weight excluding hydrogens is 432 g/mol.